The zero-order chi connectivity index (χ0) is 24.8. The summed E-state index contributed by atoms with van der Waals surface area (Å²) < 4.78 is 31.4. The van der Waals surface area contributed by atoms with Crippen molar-refractivity contribution >= 4 is 39.1 Å². The molecule has 1 atom stereocenters. The highest BCUT2D eigenvalue weighted by atomic mass is 35.5. The number of likely N-dealkylation sites (N-methyl/N-ethyl adjacent to an activating group) is 1. The SMILES string of the molecule is CC[C@H](C(=O)NC)N(Cc1cccc(OC)c1)C(=O)CN(c1ccc(C)c(Cl)c1)S(C)(=O)=O. The molecule has 0 radical (unpaired) electrons. The van der Waals surface area contributed by atoms with E-state index < -0.39 is 28.5 Å². The summed E-state index contributed by atoms with van der Waals surface area (Å²) in [4.78, 5) is 27.4. The molecule has 2 aromatic rings. The van der Waals surface area contributed by atoms with Gasteiger partial charge in [-0.25, -0.2) is 8.42 Å². The second kappa shape index (κ2) is 11.4. The monoisotopic (exact) mass is 495 g/mol. The summed E-state index contributed by atoms with van der Waals surface area (Å²) in [7, 11) is -0.775. The summed E-state index contributed by atoms with van der Waals surface area (Å²) in [6.45, 7) is 3.22. The van der Waals surface area contributed by atoms with Crippen molar-refractivity contribution in [1.82, 2.24) is 10.2 Å². The van der Waals surface area contributed by atoms with Crippen molar-refractivity contribution in [2.24, 2.45) is 0 Å². The first-order chi connectivity index (χ1) is 15.5. The molecule has 0 bridgehead atoms. The summed E-state index contributed by atoms with van der Waals surface area (Å²) in [5.74, 6) is -0.242. The van der Waals surface area contributed by atoms with Gasteiger partial charge in [-0.15, -0.1) is 0 Å². The number of carbonyl (C=O) groups excluding carboxylic acids is 2. The van der Waals surface area contributed by atoms with E-state index in [0.717, 1.165) is 21.7 Å². The highest BCUT2D eigenvalue weighted by molar-refractivity contribution is 7.92. The van der Waals surface area contributed by atoms with Crippen molar-refractivity contribution in [1.29, 1.82) is 0 Å². The van der Waals surface area contributed by atoms with Crippen LogP contribution in [0.25, 0.3) is 0 Å². The van der Waals surface area contributed by atoms with Crippen LogP contribution in [-0.4, -0.2) is 58.1 Å². The molecule has 2 aromatic carbocycles. The van der Waals surface area contributed by atoms with E-state index >= 15 is 0 Å². The number of amides is 2. The third kappa shape index (κ3) is 6.85. The molecule has 8 nitrogen and oxygen atoms in total. The number of rotatable bonds is 10. The number of anilines is 1. The van der Waals surface area contributed by atoms with Gasteiger partial charge in [-0.1, -0.05) is 36.7 Å². The summed E-state index contributed by atoms with van der Waals surface area (Å²) in [6.07, 6.45) is 1.38. The molecule has 1 N–H and O–H groups in total. The van der Waals surface area contributed by atoms with Crippen LogP contribution in [0.5, 0.6) is 5.75 Å². The first-order valence-electron chi connectivity index (χ1n) is 10.4. The predicted molar refractivity (Wildman–Crippen MR) is 130 cm³/mol. The molecule has 0 spiro atoms. The van der Waals surface area contributed by atoms with Crippen molar-refractivity contribution < 1.29 is 22.7 Å². The maximum absolute atomic E-state index is 13.5. The number of benzene rings is 2. The van der Waals surface area contributed by atoms with E-state index in [9.17, 15) is 18.0 Å². The lowest BCUT2D eigenvalue weighted by Crippen LogP contribution is -2.51. The second-order valence-corrected chi connectivity index (χ2v) is 9.93. The quantitative estimate of drug-likeness (QED) is 0.546. The van der Waals surface area contributed by atoms with Crippen LogP contribution >= 0.6 is 11.6 Å². The Kier molecular flexibility index (Phi) is 9.13. The molecule has 0 aliphatic carbocycles. The largest absolute Gasteiger partial charge is 0.497 e. The van der Waals surface area contributed by atoms with Crippen molar-refractivity contribution in [3.8, 4) is 5.75 Å². The molecule has 10 heteroatoms. The normalized spacial score (nSPS) is 12.1. The van der Waals surface area contributed by atoms with Crippen LogP contribution in [0.1, 0.15) is 24.5 Å². The van der Waals surface area contributed by atoms with Crippen molar-refractivity contribution in [2.75, 3.05) is 31.3 Å². The molecule has 180 valence electrons. The molecule has 2 amide bonds. The molecule has 0 saturated carbocycles. The molecule has 0 aliphatic heterocycles. The summed E-state index contributed by atoms with van der Waals surface area (Å²) in [6, 6.07) is 11.2. The Labute approximate surface area is 200 Å². The number of carbonyl (C=O) groups is 2. The molecule has 0 aromatic heterocycles. The molecule has 2 rings (SSSR count). The number of ether oxygens (including phenoxy) is 1. The maximum Gasteiger partial charge on any atom is 0.244 e. The van der Waals surface area contributed by atoms with E-state index in [1.807, 2.05) is 6.07 Å². The van der Waals surface area contributed by atoms with Gasteiger partial charge in [0.15, 0.2) is 0 Å². The Morgan fingerprint density at radius 2 is 1.88 bits per heavy atom. The van der Waals surface area contributed by atoms with Gasteiger partial charge in [-0.2, -0.15) is 0 Å². The fourth-order valence-corrected chi connectivity index (χ4v) is 4.42. The Balaban J connectivity index is 2.45. The Morgan fingerprint density at radius 3 is 2.42 bits per heavy atom. The number of hydrogen-bond acceptors (Lipinski definition) is 5. The van der Waals surface area contributed by atoms with Crippen LogP contribution in [-0.2, 0) is 26.2 Å². The van der Waals surface area contributed by atoms with E-state index in [-0.39, 0.29) is 18.1 Å². The smallest absolute Gasteiger partial charge is 0.244 e. The topological polar surface area (TPSA) is 96.0 Å². The Bertz CT molecular complexity index is 1110. The Hall–Kier alpha value is -2.78. The lowest BCUT2D eigenvalue weighted by Gasteiger charge is -2.32. The fourth-order valence-electron chi connectivity index (χ4n) is 3.40. The molecule has 0 aliphatic rings. The standard InChI is InChI=1S/C23H30ClN3O5S/c1-6-21(23(29)25-3)26(14-17-8-7-9-19(12-17)32-4)22(28)15-27(33(5,30)31)18-11-10-16(2)20(24)13-18/h7-13,21H,6,14-15H2,1-5H3,(H,25,29)/t21-/m1/s1. The molecule has 0 saturated heterocycles. The van der Waals surface area contributed by atoms with Gasteiger partial charge in [0.2, 0.25) is 21.8 Å². The number of nitrogens with zero attached hydrogens (tertiary/aromatic N) is 2. The molecular weight excluding hydrogens is 466 g/mol. The van der Waals surface area contributed by atoms with E-state index in [4.69, 9.17) is 16.3 Å². The first kappa shape index (κ1) is 26.5. The van der Waals surface area contributed by atoms with Gasteiger partial charge in [0.1, 0.15) is 18.3 Å². The minimum absolute atomic E-state index is 0.105. The van der Waals surface area contributed by atoms with Gasteiger partial charge in [-0.3, -0.25) is 13.9 Å². The minimum atomic E-state index is -3.81. The van der Waals surface area contributed by atoms with Crippen LogP contribution in [0.2, 0.25) is 5.02 Å². The zero-order valence-corrected chi connectivity index (χ0v) is 21.0. The fraction of sp³-hybridized carbons (Fsp3) is 0.391. The summed E-state index contributed by atoms with van der Waals surface area (Å²) in [5, 5.41) is 2.97. The number of methoxy groups -OCH3 is 1. The van der Waals surface area contributed by atoms with Crippen molar-refractivity contribution in [3.05, 3.63) is 58.6 Å². The highest BCUT2D eigenvalue weighted by Gasteiger charge is 2.31. The molecule has 33 heavy (non-hydrogen) atoms. The lowest BCUT2D eigenvalue weighted by molar-refractivity contribution is -0.140. The van der Waals surface area contributed by atoms with Crippen LogP contribution in [0, 0.1) is 6.92 Å². The third-order valence-electron chi connectivity index (χ3n) is 5.24. The lowest BCUT2D eigenvalue weighted by atomic mass is 10.1. The van der Waals surface area contributed by atoms with Crippen molar-refractivity contribution in [2.45, 2.75) is 32.9 Å². The van der Waals surface area contributed by atoms with Gasteiger partial charge < -0.3 is 15.0 Å². The van der Waals surface area contributed by atoms with E-state index in [2.05, 4.69) is 5.32 Å². The number of sulfonamides is 1. The third-order valence-corrected chi connectivity index (χ3v) is 6.79. The van der Waals surface area contributed by atoms with Gasteiger partial charge in [0.25, 0.3) is 0 Å². The van der Waals surface area contributed by atoms with Crippen LogP contribution < -0.4 is 14.4 Å². The van der Waals surface area contributed by atoms with Gasteiger partial charge >= 0.3 is 0 Å². The average Bonchev–Trinajstić information content (AvgIpc) is 2.78. The molecule has 0 heterocycles. The van der Waals surface area contributed by atoms with Gasteiger partial charge in [-0.05, 0) is 48.7 Å². The zero-order valence-electron chi connectivity index (χ0n) is 19.5. The predicted octanol–water partition coefficient (Wildman–Crippen LogP) is 2.98. The van der Waals surface area contributed by atoms with E-state index in [1.165, 1.54) is 25.1 Å². The van der Waals surface area contributed by atoms with Crippen LogP contribution in [0.15, 0.2) is 42.5 Å². The number of halogens is 1. The van der Waals surface area contributed by atoms with Crippen molar-refractivity contribution in [3.63, 3.8) is 0 Å². The number of hydrogen-bond donors (Lipinski definition) is 1. The Morgan fingerprint density at radius 1 is 1.18 bits per heavy atom. The highest BCUT2D eigenvalue weighted by Crippen LogP contribution is 2.25. The molecule has 0 fully saturated rings. The number of aryl methyl sites for hydroxylation is 1. The van der Waals surface area contributed by atoms with Crippen LogP contribution in [0.4, 0.5) is 5.69 Å². The number of nitrogens with one attached hydrogen (secondary N) is 1. The molecule has 0 unspecified atom stereocenters. The summed E-state index contributed by atoms with van der Waals surface area (Å²) >= 11 is 6.19. The average molecular weight is 496 g/mol. The van der Waals surface area contributed by atoms with Crippen LogP contribution in [0.3, 0.4) is 0 Å². The second-order valence-electron chi connectivity index (χ2n) is 7.61. The first-order valence-corrected chi connectivity index (χ1v) is 12.6. The summed E-state index contributed by atoms with van der Waals surface area (Å²) in [5.41, 5.74) is 1.80. The molecular formula is C23H30ClN3O5S. The minimum Gasteiger partial charge on any atom is -0.497 e. The van der Waals surface area contributed by atoms with E-state index in [0.29, 0.717) is 17.2 Å². The van der Waals surface area contributed by atoms with Gasteiger partial charge in [0.05, 0.1) is 19.1 Å². The van der Waals surface area contributed by atoms with Gasteiger partial charge in [0, 0.05) is 18.6 Å². The maximum atomic E-state index is 13.5. The van der Waals surface area contributed by atoms with E-state index in [1.54, 1.807) is 44.2 Å².